The Hall–Kier alpha value is -2.39. The van der Waals surface area contributed by atoms with Gasteiger partial charge < -0.3 is 10.2 Å². The van der Waals surface area contributed by atoms with Gasteiger partial charge in [-0.25, -0.2) is 4.98 Å². The summed E-state index contributed by atoms with van der Waals surface area (Å²) in [5.74, 6) is 2.18. The Kier molecular flexibility index (Phi) is 8.61. The van der Waals surface area contributed by atoms with Gasteiger partial charge in [-0.2, -0.15) is 0 Å². The second kappa shape index (κ2) is 11.8. The molecule has 1 saturated carbocycles. The minimum Gasteiger partial charge on any atom is -0.339 e. The van der Waals surface area contributed by atoms with Crippen molar-refractivity contribution in [3.8, 4) is 0 Å². The molecule has 0 atom stereocenters. The molecule has 2 N–H and O–H groups in total. The molecule has 2 heterocycles. The van der Waals surface area contributed by atoms with E-state index in [1.165, 1.54) is 43.9 Å². The number of thioether (sulfide) groups is 1. The van der Waals surface area contributed by atoms with Crippen LogP contribution >= 0.6 is 11.8 Å². The molecule has 1 aromatic carbocycles. The summed E-state index contributed by atoms with van der Waals surface area (Å²) in [7, 11) is 0. The van der Waals surface area contributed by atoms with E-state index in [0.717, 1.165) is 35.0 Å². The lowest BCUT2D eigenvalue weighted by Gasteiger charge is -2.34. The maximum Gasteiger partial charge on any atom is 0.238 e. The fraction of sp³-hybridized carbons (Fsp3) is 0.600. The average molecular weight is 485 g/mol. The number of amides is 2. The molecule has 9 heteroatoms. The maximum atomic E-state index is 12.7. The first-order valence-corrected chi connectivity index (χ1v) is 13.4. The van der Waals surface area contributed by atoms with Crippen LogP contribution in [0.4, 0.5) is 5.69 Å². The molecule has 0 bridgehead atoms. The number of nitrogens with one attached hydrogen (secondary N) is 2. The Morgan fingerprint density at radius 3 is 2.53 bits per heavy atom. The number of carbonyl (C=O) groups excluding carboxylic acids is 2. The molecule has 1 aromatic heterocycles. The van der Waals surface area contributed by atoms with Gasteiger partial charge in [0.2, 0.25) is 17.0 Å². The van der Waals surface area contributed by atoms with Gasteiger partial charge in [0.1, 0.15) is 5.82 Å². The third kappa shape index (κ3) is 6.82. The second-order valence-corrected chi connectivity index (χ2v) is 10.5. The fourth-order valence-corrected chi connectivity index (χ4v) is 5.58. The van der Waals surface area contributed by atoms with Crippen molar-refractivity contribution >= 4 is 29.3 Å². The zero-order chi connectivity index (χ0) is 23.9. The lowest BCUT2D eigenvalue weighted by molar-refractivity contribution is -0.130. The van der Waals surface area contributed by atoms with E-state index in [4.69, 9.17) is 0 Å². The van der Waals surface area contributed by atoms with Crippen LogP contribution in [0.15, 0.2) is 23.4 Å². The van der Waals surface area contributed by atoms with E-state index >= 15 is 0 Å². The Morgan fingerprint density at radius 2 is 1.82 bits per heavy atom. The molecule has 34 heavy (non-hydrogen) atoms. The Morgan fingerprint density at radius 1 is 1.12 bits per heavy atom. The van der Waals surface area contributed by atoms with Crippen molar-refractivity contribution in [3.63, 3.8) is 0 Å². The molecule has 184 valence electrons. The van der Waals surface area contributed by atoms with Gasteiger partial charge in [0, 0.05) is 38.3 Å². The van der Waals surface area contributed by atoms with Crippen molar-refractivity contribution in [2.45, 2.75) is 57.5 Å². The van der Waals surface area contributed by atoms with E-state index in [1.807, 2.05) is 36.9 Å². The van der Waals surface area contributed by atoms with Crippen LogP contribution in [0.1, 0.15) is 49.1 Å². The molecular weight excluding hydrogens is 448 g/mol. The van der Waals surface area contributed by atoms with E-state index < -0.39 is 0 Å². The maximum absolute atomic E-state index is 12.7. The summed E-state index contributed by atoms with van der Waals surface area (Å²) in [6.07, 6.45) is 7.51. The molecule has 0 radical (unpaired) electrons. The van der Waals surface area contributed by atoms with Crippen LogP contribution in [0.25, 0.3) is 0 Å². The third-order valence-corrected chi connectivity index (χ3v) is 7.77. The molecule has 2 aromatic rings. The third-order valence-electron chi connectivity index (χ3n) is 6.94. The van der Waals surface area contributed by atoms with E-state index in [2.05, 4.69) is 25.4 Å². The number of H-pyrrole nitrogens is 1. The minimum atomic E-state index is -0.0129. The number of nitrogens with zero attached hydrogens (tertiary/aromatic N) is 4. The van der Waals surface area contributed by atoms with Crippen LogP contribution in [0, 0.1) is 19.8 Å². The summed E-state index contributed by atoms with van der Waals surface area (Å²) in [6.45, 7) is 7.01. The highest BCUT2D eigenvalue weighted by Crippen LogP contribution is 2.28. The van der Waals surface area contributed by atoms with Crippen molar-refractivity contribution in [2.75, 3.05) is 43.8 Å². The number of aromatic nitrogens is 3. The molecule has 1 saturated heterocycles. The number of aromatic amines is 1. The van der Waals surface area contributed by atoms with Crippen LogP contribution in [0.5, 0.6) is 0 Å². The topological polar surface area (TPSA) is 94.2 Å². The summed E-state index contributed by atoms with van der Waals surface area (Å²) in [4.78, 5) is 33.7. The first-order valence-electron chi connectivity index (χ1n) is 12.4. The van der Waals surface area contributed by atoms with Crippen LogP contribution in [-0.4, -0.2) is 75.3 Å². The van der Waals surface area contributed by atoms with E-state index in [9.17, 15) is 9.59 Å². The molecule has 2 amide bonds. The number of para-hydroxylation sites is 1. The van der Waals surface area contributed by atoms with Crippen LogP contribution in [0.2, 0.25) is 0 Å². The molecule has 1 aliphatic carbocycles. The first kappa shape index (κ1) is 24.7. The number of piperazine rings is 1. The zero-order valence-corrected chi connectivity index (χ0v) is 21.1. The molecule has 2 aliphatic rings. The summed E-state index contributed by atoms with van der Waals surface area (Å²) in [6, 6.07) is 5.99. The molecule has 8 nitrogen and oxygen atoms in total. The van der Waals surface area contributed by atoms with Crippen molar-refractivity contribution in [3.05, 3.63) is 35.2 Å². The SMILES string of the molecule is Cc1cccc(C)c1NC(=O)CN1CCN(C(=O)CSc2n[nH]c(CCC3CCCC3)n2)CC1. The van der Waals surface area contributed by atoms with E-state index in [1.54, 1.807) is 0 Å². The fourth-order valence-electron chi connectivity index (χ4n) is 4.86. The summed E-state index contributed by atoms with van der Waals surface area (Å²) in [5, 5.41) is 11.0. The monoisotopic (exact) mass is 484 g/mol. The zero-order valence-electron chi connectivity index (χ0n) is 20.3. The van der Waals surface area contributed by atoms with Gasteiger partial charge >= 0.3 is 0 Å². The molecule has 1 aliphatic heterocycles. The lowest BCUT2D eigenvalue weighted by Crippen LogP contribution is -2.50. The van der Waals surface area contributed by atoms with Crippen molar-refractivity contribution in [1.29, 1.82) is 0 Å². The quantitative estimate of drug-likeness (QED) is 0.530. The van der Waals surface area contributed by atoms with Gasteiger partial charge in [-0.3, -0.25) is 19.6 Å². The van der Waals surface area contributed by atoms with Crippen LogP contribution in [-0.2, 0) is 16.0 Å². The highest BCUT2D eigenvalue weighted by Gasteiger charge is 2.23. The first-order chi connectivity index (χ1) is 16.5. The summed E-state index contributed by atoms with van der Waals surface area (Å²) in [5.41, 5.74) is 3.02. The predicted molar refractivity (Wildman–Crippen MR) is 135 cm³/mol. The molecule has 0 spiro atoms. The Labute approximate surface area is 206 Å². The Bertz CT molecular complexity index is 959. The molecular formula is C25H36N6O2S. The number of rotatable bonds is 9. The van der Waals surface area contributed by atoms with Crippen LogP contribution in [0.3, 0.4) is 0 Å². The van der Waals surface area contributed by atoms with E-state index in [-0.39, 0.29) is 11.8 Å². The number of aryl methyl sites for hydroxylation is 3. The normalized spacial score (nSPS) is 17.3. The molecule has 0 unspecified atom stereocenters. The van der Waals surface area contributed by atoms with Crippen molar-refractivity contribution < 1.29 is 9.59 Å². The van der Waals surface area contributed by atoms with Gasteiger partial charge in [-0.15, -0.1) is 5.10 Å². The van der Waals surface area contributed by atoms with Gasteiger partial charge in [-0.05, 0) is 37.3 Å². The van der Waals surface area contributed by atoms with E-state index in [0.29, 0.717) is 43.6 Å². The average Bonchev–Trinajstić information content (AvgIpc) is 3.51. The van der Waals surface area contributed by atoms with Gasteiger partial charge in [-0.1, -0.05) is 55.6 Å². The number of benzene rings is 1. The second-order valence-electron chi connectivity index (χ2n) is 9.51. The van der Waals surface area contributed by atoms with Crippen molar-refractivity contribution in [2.24, 2.45) is 5.92 Å². The number of carbonyl (C=O) groups is 2. The van der Waals surface area contributed by atoms with Crippen molar-refractivity contribution in [1.82, 2.24) is 25.0 Å². The minimum absolute atomic E-state index is 0.0129. The number of hydrogen-bond donors (Lipinski definition) is 2. The summed E-state index contributed by atoms with van der Waals surface area (Å²) < 4.78 is 0. The van der Waals surface area contributed by atoms with Gasteiger partial charge in [0.05, 0.1) is 12.3 Å². The predicted octanol–water partition coefficient (Wildman–Crippen LogP) is 3.42. The molecule has 4 rings (SSSR count). The lowest BCUT2D eigenvalue weighted by atomic mass is 10.0. The highest BCUT2D eigenvalue weighted by atomic mass is 32.2. The smallest absolute Gasteiger partial charge is 0.238 e. The van der Waals surface area contributed by atoms with Crippen LogP contribution < -0.4 is 5.32 Å². The standard InChI is InChI=1S/C25H36N6O2S/c1-18-6-5-7-19(2)24(18)27-22(32)16-30-12-14-31(15-13-30)23(33)17-34-25-26-21(28-29-25)11-10-20-8-3-4-9-20/h5-7,20H,3-4,8-17H2,1-2H3,(H,27,32)(H,26,28,29). The molecule has 2 fully saturated rings. The largest absolute Gasteiger partial charge is 0.339 e. The Balaban J connectivity index is 1.15. The number of anilines is 1. The highest BCUT2D eigenvalue weighted by molar-refractivity contribution is 7.99. The number of hydrogen-bond acceptors (Lipinski definition) is 6. The van der Waals surface area contributed by atoms with Gasteiger partial charge in [0.25, 0.3) is 0 Å². The summed E-state index contributed by atoms with van der Waals surface area (Å²) >= 11 is 1.39. The van der Waals surface area contributed by atoms with Gasteiger partial charge in [0.15, 0.2) is 0 Å².